The zero-order valence-corrected chi connectivity index (χ0v) is 9.26. The molecular formula is C10H17F3N2O. The molecule has 1 N–H and O–H groups in total. The van der Waals surface area contributed by atoms with Crippen LogP contribution in [0.5, 0.6) is 0 Å². The first-order valence-corrected chi connectivity index (χ1v) is 5.65. The van der Waals surface area contributed by atoms with E-state index in [1.54, 1.807) is 0 Å². The molecule has 1 saturated carbocycles. The number of likely N-dealkylation sites (tertiary alicyclic amines) is 1. The zero-order valence-electron chi connectivity index (χ0n) is 9.26. The summed E-state index contributed by atoms with van der Waals surface area (Å²) in [7, 11) is 0. The Bertz CT molecular complexity index is 243. The number of halogens is 3. The molecule has 2 unspecified atom stereocenters. The van der Waals surface area contributed by atoms with E-state index in [2.05, 4.69) is 22.1 Å². The number of nitrogens with one attached hydrogen (secondary N) is 1. The van der Waals surface area contributed by atoms with Crippen molar-refractivity contribution in [3.8, 4) is 0 Å². The second-order valence-electron chi connectivity index (χ2n) is 4.73. The van der Waals surface area contributed by atoms with Gasteiger partial charge in [0.25, 0.3) is 0 Å². The minimum absolute atomic E-state index is 0.0259. The summed E-state index contributed by atoms with van der Waals surface area (Å²) in [6.07, 6.45) is -0.956. The quantitative estimate of drug-likeness (QED) is 0.754. The molecule has 2 fully saturated rings. The zero-order chi connectivity index (χ0) is 11.8. The lowest BCUT2D eigenvalue weighted by atomic mass is 10.2. The molecule has 2 atom stereocenters. The van der Waals surface area contributed by atoms with Gasteiger partial charge in [-0.25, -0.2) is 0 Å². The second-order valence-corrected chi connectivity index (χ2v) is 4.73. The van der Waals surface area contributed by atoms with Gasteiger partial charge in [0.2, 0.25) is 0 Å². The monoisotopic (exact) mass is 238 g/mol. The number of hydrogen-bond donors (Lipinski definition) is 1. The van der Waals surface area contributed by atoms with Crippen LogP contribution in [0.25, 0.3) is 0 Å². The normalized spacial score (nSPS) is 32.2. The first-order valence-electron chi connectivity index (χ1n) is 5.65. The highest BCUT2D eigenvalue weighted by Gasteiger charge is 2.39. The Morgan fingerprint density at radius 2 is 2.06 bits per heavy atom. The van der Waals surface area contributed by atoms with Crippen LogP contribution in [0.3, 0.4) is 0 Å². The molecule has 1 aliphatic heterocycles. The molecule has 0 aromatic carbocycles. The fourth-order valence-electron chi connectivity index (χ4n) is 2.30. The maximum atomic E-state index is 11.8. The van der Waals surface area contributed by atoms with Crippen LogP contribution in [0, 0.1) is 0 Å². The Morgan fingerprint density at radius 3 is 2.62 bits per heavy atom. The average molecular weight is 238 g/mol. The van der Waals surface area contributed by atoms with E-state index in [-0.39, 0.29) is 6.04 Å². The maximum absolute atomic E-state index is 11.8. The van der Waals surface area contributed by atoms with Gasteiger partial charge in [-0.05, 0) is 26.2 Å². The van der Waals surface area contributed by atoms with Gasteiger partial charge in [-0.2, -0.15) is 18.7 Å². The summed E-state index contributed by atoms with van der Waals surface area (Å²) in [5.74, 6) is 0. The van der Waals surface area contributed by atoms with Gasteiger partial charge in [0.15, 0.2) is 6.61 Å². The van der Waals surface area contributed by atoms with Crippen LogP contribution in [-0.4, -0.2) is 42.4 Å². The molecule has 0 radical (unpaired) electrons. The number of hydroxylamine groups is 1. The summed E-state index contributed by atoms with van der Waals surface area (Å²) in [5.41, 5.74) is 2.52. The van der Waals surface area contributed by atoms with E-state index in [9.17, 15) is 13.2 Å². The van der Waals surface area contributed by atoms with E-state index in [1.807, 2.05) is 0 Å². The van der Waals surface area contributed by atoms with E-state index in [0.717, 1.165) is 13.0 Å². The molecular weight excluding hydrogens is 221 g/mol. The highest BCUT2D eigenvalue weighted by Crippen LogP contribution is 2.33. The van der Waals surface area contributed by atoms with E-state index in [0.29, 0.717) is 12.1 Å². The molecule has 0 aromatic heterocycles. The molecule has 0 amide bonds. The Balaban J connectivity index is 1.68. The van der Waals surface area contributed by atoms with Crippen molar-refractivity contribution in [3.63, 3.8) is 0 Å². The van der Waals surface area contributed by atoms with Crippen LogP contribution in [0.4, 0.5) is 13.2 Å². The second kappa shape index (κ2) is 4.50. The Hall–Kier alpha value is -0.330. The first kappa shape index (κ1) is 12.1. The van der Waals surface area contributed by atoms with Gasteiger partial charge in [0.05, 0.1) is 0 Å². The highest BCUT2D eigenvalue weighted by atomic mass is 19.4. The number of hydrogen-bond acceptors (Lipinski definition) is 3. The Labute approximate surface area is 92.9 Å². The predicted molar refractivity (Wildman–Crippen MR) is 52.7 cm³/mol. The minimum atomic E-state index is -4.26. The van der Waals surface area contributed by atoms with Crippen molar-refractivity contribution in [2.45, 2.75) is 50.5 Å². The molecule has 6 heteroatoms. The fourth-order valence-corrected chi connectivity index (χ4v) is 2.30. The molecule has 2 rings (SSSR count). The molecule has 1 aliphatic carbocycles. The van der Waals surface area contributed by atoms with Crippen molar-refractivity contribution >= 4 is 0 Å². The van der Waals surface area contributed by atoms with Gasteiger partial charge < -0.3 is 0 Å². The number of rotatable bonds is 4. The molecule has 2 aliphatic rings. The lowest BCUT2D eigenvalue weighted by Crippen LogP contribution is -2.36. The largest absolute Gasteiger partial charge is 0.413 e. The summed E-state index contributed by atoms with van der Waals surface area (Å²) >= 11 is 0. The molecule has 0 aromatic rings. The van der Waals surface area contributed by atoms with Gasteiger partial charge in [-0.15, -0.1) is 0 Å². The van der Waals surface area contributed by atoms with E-state index in [4.69, 9.17) is 0 Å². The fraction of sp³-hybridized carbons (Fsp3) is 1.00. The van der Waals surface area contributed by atoms with Gasteiger partial charge in [-0.1, -0.05) is 0 Å². The van der Waals surface area contributed by atoms with Crippen molar-refractivity contribution in [1.29, 1.82) is 0 Å². The molecule has 1 heterocycles. The molecule has 16 heavy (non-hydrogen) atoms. The first-order chi connectivity index (χ1) is 7.46. The molecule has 0 bridgehead atoms. The van der Waals surface area contributed by atoms with Crippen molar-refractivity contribution < 1.29 is 18.0 Å². The summed E-state index contributed by atoms with van der Waals surface area (Å²) in [6.45, 7) is 1.69. The highest BCUT2D eigenvalue weighted by molar-refractivity contribution is 4.95. The lowest BCUT2D eigenvalue weighted by molar-refractivity contribution is -0.192. The van der Waals surface area contributed by atoms with Crippen molar-refractivity contribution in [2.75, 3.05) is 13.2 Å². The summed E-state index contributed by atoms with van der Waals surface area (Å²) in [6, 6.07) is 1.13. The van der Waals surface area contributed by atoms with Crippen LogP contribution < -0.4 is 5.48 Å². The van der Waals surface area contributed by atoms with Crippen LogP contribution >= 0.6 is 0 Å². The molecule has 0 spiro atoms. The standard InChI is InChI=1S/C10H17F3N2O/c1-7-4-8(5-15(7)9-2-3-9)14-16-6-10(11,12)13/h7-9,14H,2-6H2,1H3. The maximum Gasteiger partial charge on any atom is 0.413 e. The van der Waals surface area contributed by atoms with Crippen LogP contribution in [0.15, 0.2) is 0 Å². The van der Waals surface area contributed by atoms with Crippen LogP contribution in [0.1, 0.15) is 26.2 Å². The predicted octanol–water partition coefficient (Wildman–Crippen LogP) is 1.70. The van der Waals surface area contributed by atoms with Crippen LogP contribution in [-0.2, 0) is 4.84 Å². The number of nitrogens with zero attached hydrogens (tertiary/aromatic N) is 1. The van der Waals surface area contributed by atoms with Gasteiger partial charge >= 0.3 is 6.18 Å². The van der Waals surface area contributed by atoms with E-state index in [1.165, 1.54) is 12.8 Å². The van der Waals surface area contributed by atoms with E-state index < -0.39 is 12.8 Å². The van der Waals surface area contributed by atoms with Gasteiger partial charge in [0, 0.05) is 24.7 Å². The SMILES string of the molecule is CC1CC(NOCC(F)(F)F)CN1C1CC1. The molecule has 94 valence electrons. The van der Waals surface area contributed by atoms with Crippen molar-refractivity contribution in [1.82, 2.24) is 10.4 Å². The Morgan fingerprint density at radius 1 is 1.38 bits per heavy atom. The van der Waals surface area contributed by atoms with Crippen molar-refractivity contribution in [3.05, 3.63) is 0 Å². The van der Waals surface area contributed by atoms with Gasteiger partial charge in [-0.3, -0.25) is 9.74 Å². The van der Waals surface area contributed by atoms with E-state index >= 15 is 0 Å². The minimum Gasteiger partial charge on any atom is -0.296 e. The summed E-state index contributed by atoms with van der Waals surface area (Å²) < 4.78 is 35.5. The van der Waals surface area contributed by atoms with Gasteiger partial charge in [0.1, 0.15) is 0 Å². The van der Waals surface area contributed by atoms with Crippen molar-refractivity contribution in [2.24, 2.45) is 0 Å². The Kier molecular flexibility index (Phi) is 3.42. The third-order valence-corrected chi connectivity index (χ3v) is 3.12. The topological polar surface area (TPSA) is 24.5 Å². The smallest absolute Gasteiger partial charge is 0.296 e. The lowest BCUT2D eigenvalue weighted by Gasteiger charge is -2.19. The third kappa shape index (κ3) is 3.33. The molecule has 1 saturated heterocycles. The molecule has 3 nitrogen and oxygen atoms in total. The average Bonchev–Trinajstić information content (AvgIpc) is 2.90. The van der Waals surface area contributed by atoms with Crippen LogP contribution in [0.2, 0.25) is 0 Å². The summed E-state index contributed by atoms with van der Waals surface area (Å²) in [4.78, 5) is 6.83. The third-order valence-electron chi connectivity index (χ3n) is 3.12. The summed E-state index contributed by atoms with van der Waals surface area (Å²) in [5, 5.41) is 0. The number of alkyl halides is 3.